The zero-order valence-corrected chi connectivity index (χ0v) is 14.8. The van der Waals surface area contributed by atoms with Crippen molar-refractivity contribution in [1.82, 2.24) is 14.8 Å². The normalized spacial score (nSPS) is 15.1. The predicted octanol–water partition coefficient (Wildman–Crippen LogP) is 3.56. The maximum atomic E-state index is 12.8. The summed E-state index contributed by atoms with van der Waals surface area (Å²) in [6.07, 6.45) is 0.662. The minimum Gasteiger partial charge on any atom is -0.487 e. The van der Waals surface area contributed by atoms with E-state index in [2.05, 4.69) is 10.1 Å². The van der Waals surface area contributed by atoms with Crippen LogP contribution in [0.5, 0.6) is 5.75 Å². The predicted molar refractivity (Wildman–Crippen MR) is 90.8 cm³/mol. The zero-order valence-electron chi connectivity index (χ0n) is 14.0. The van der Waals surface area contributed by atoms with Crippen molar-refractivity contribution in [2.45, 2.75) is 19.1 Å². The highest BCUT2D eigenvalue weighted by molar-refractivity contribution is 6.33. The van der Waals surface area contributed by atoms with Crippen LogP contribution in [0.15, 0.2) is 30.2 Å². The maximum Gasteiger partial charge on any atom is 0.408 e. The molecule has 0 unspecified atom stereocenters. The van der Waals surface area contributed by atoms with Gasteiger partial charge < -0.3 is 9.47 Å². The summed E-state index contributed by atoms with van der Waals surface area (Å²) in [5.74, 6) is 0.208. The number of aromatic nitrogens is 3. The number of carbonyl (C=O) groups excluding carboxylic acids is 1. The first-order valence-corrected chi connectivity index (χ1v) is 8.36. The fourth-order valence-electron chi connectivity index (χ4n) is 2.74. The van der Waals surface area contributed by atoms with E-state index < -0.39 is 12.7 Å². The summed E-state index contributed by atoms with van der Waals surface area (Å²) in [5.41, 5.74) is 1.85. The first kappa shape index (κ1) is 19.4. The molecule has 3 rings (SSSR count). The molecule has 2 aromatic heterocycles. The van der Waals surface area contributed by atoms with Gasteiger partial charge >= 0.3 is 6.18 Å². The number of nitrogens with zero attached hydrogens (tertiary/aromatic N) is 3. The first-order valence-electron chi connectivity index (χ1n) is 7.98. The number of halogens is 4. The molecule has 0 atom stereocenters. The molecule has 0 N–H and O–H groups in total. The van der Waals surface area contributed by atoms with Crippen molar-refractivity contribution >= 4 is 23.5 Å². The van der Waals surface area contributed by atoms with Crippen LogP contribution in [0.3, 0.4) is 0 Å². The Morgan fingerprint density at radius 3 is 2.93 bits per heavy atom. The topological polar surface area (TPSA) is 66.2 Å². The number of alkyl halides is 3. The van der Waals surface area contributed by atoms with Crippen molar-refractivity contribution in [3.8, 4) is 5.75 Å². The van der Waals surface area contributed by atoms with Crippen LogP contribution >= 0.6 is 11.6 Å². The standard InChI is InChI=1S/C17H15ClF3N3O3/c18-14-5-22-6-16(12(14)7-25)27-8-11-2-4-26-9-13(11)15-1-3-23-24(15)10-17(19,20)21/h1,3,5-7H,2,4,8-10H2. The van der Waals surface area contributed by atoms with Crippen molar-refractivity contribution in [3.63, 3.8) is 0 Å². The molecule has 3 heterocycles. The highest BCUT2D eigenvalue weighted by Crippen LogP contribution is 2.29. The molecule has 2 aromatic rings. The molecule has 1 aliphatic rings. The third-order valence-corrected chi connectivity index (χ3v) is 4.30. The molecule has 0 aromatic carbocycles. The molecule has 144 valence electrons. The fourth-order valence-corrected chi connectivity index (χ4v) is 2.94. The molecule has 0 amide bonds. The van der Waals surface area contributed by atoms with Crippen molar-refractivity contribution < 1.29 is 27.4 Å². The number of carbonyl (C=O) groups is 1. The van der Waals surface area contributed by atoms with Crippen LogP contribution in [0, 0.1) is 0 Å². The van der Waals surface area contributed by atoms with Gasteiger partial charge in [-0.3, -0.25) is 14.5 Å². The summed E-state index contributed by atoms with van der Waals surface area (Å²) in [6.45, 7) is -0.556. The Labute approximate surface area is 157 Å². The van der Waals surface area contributed by atoms with Crippen LogP contribution in [0.25, 0.3) is 5.57 Å². The van der Waals surface area contributed by atoms with Gasteiger partial charge in [-0.15, -0.1) is 0 Å². The van der Waals surface area contributed by atoms with E-state index in [1.165, 1.54) is 24.7 Å². The summed E-state index contributed by atoms with van der Waals surface area (Å²) in [7, 11) is 0. The van der Waals surface area contributed by atoms with Gasteiger partial charge in [0.25, 0.3) is 0 Å². The second-order valence-corrected chi connectivity index (χ2v) is 6.22. The van der Waals surface area contributed by atoms with Gasteiger partial charge in [-0.1, -0.05) is 11.6 Å². The third kappa shape index (κ3) is 4.67. The minimum atomic E-state index is -4.39. The van der Waals surface area contributed by atoms with Gasteiger partial charge in [-0.25, -0.2) is 0 Å². The molecule has 27 heavy (non-hydrogen) atoms. The molecule has 0 aliphatic carbocycles. The summed E-state index contributed by atoms with van der Waals surface area (Å²) in [6, 6.07) is 1.51. The van der Waals surface area contributed by atoms with Crippen molar-refractivity contribution in [2.75, 3.05) is 19.8 Å². The van der Waals surface area contributed by atoms with Gasteiger partial charge in [0.2, 0.25) is 0 Å². The lowest BCUT2D eigenvalue weighted by atomic mass is 10.0. The second kappa shape index (κ2) is 8.10. The van der Waals surface area contributed by atoms with Crippen LogP contribution in [0.1, 0.15) is 22.5 Å². The SMILES string of the molecule is O=Cc1c(Cl)cncc1OCC1=C(c2ccnn2CC(F)(F)F)COCC1. The van der Waals surface area contributed by atoms with E-state index in [1.54, 1.807) is 0 Å². The molecule has 0 bridgehead atoms. The van der Waals surface area contributed by atoms with Gasteiger partial charge in [0.05, 0.1) is 35.7 Å². The lowest BCUT2D eigenvalue weighted by Crippen LogP contribution is -2.23. The first-order chi connectivity index (χ1) is 12.9. The molecule has 10 heteroatoms. The summed E-state index contributed by atoms with van der Waals surface area (Å²) >= 11 is 5.92. The van der Waals surface area contributed by atoms with Gasteiger partial charge in [0, 0.05) is 18.0 Å². The van der Waals surface area contributed by atoms with E-state index in [0.29, 0.717) is 30.6 Å². The van der Waals surface area contributed by atoms with Crippen LogP contribution in [-0.2, 0) is 11.3 Å². The van der Waals surface area contributed by atoms with E-state index in [4.69, 9.17) is 21.1 Å². The molecule has 0 fully saturated rings. The highest BCUT2D eigenvalue weighted by Gasteiger charge is 2.30. The Morgan fingerprint density at radius 1 is 1.37 bits per heavy atom. The Balaban J connectivity index is 1.87. The molecule has 0 saturated heterocycles. The Kier molecular flexibility index (Phi) is 5.81. The van der Waals surface area contributed by atoms with Gasteiger partial charge in [-0.2, -0.15) is 18.3 Å². The Bertz CT molecular complexity index is 865. The maximum absolute atomic E-state index is 12.8. The van der Waals surface area contributed by atoms with E-state index in [-0.39, 0.29) is 29.5 Å². The van der Waals surface area contributed by atoms with Crippen LogP contribution in [-0.4, -0.2) is 47.0 Å². The highest BCUT2D eigenvalue weighted by atomic mass is 35.5. The van der Waals surface area contributed by atoms with E-state index in [0.717, 1.165) is 10.3 Å². The van der Waals surface area contributed by atoms with Crippen molar-refractivity contribution in [3.05, 3.63) is 46.5 Å². The van der Waals surface area contributed by atoms with Crippen LogP contribution in [0.2, 0.25) is 5.02 Å². The summed E-state index contributed by atoms with van der Waals surface area (Å²) < 4.78 is 50.3. The van der Waals surface area contributed by atoms with Gasteiger partial charge in [0.15, 0.2) is 6.29 Å². The second-order valence-electron chi connectivity index (χ2n) is 5.81. The molecule has 1 aliphatic heterocycles. The molecule has 6 nitrogen and oxygen atoms in total. The van der Waals surface area contributed by atoms with Crippen LogP contribution < -0.4 is 4.74 Å². The van der Waals surface area contributed by atoms with E-state index in [1.807, 2.05) is 0 Å². The van der Waals surface area contributed by atoms with E-state index in [9.17, 15) is 18.0 Å². The Hall–Kier alpha value is -2.39. The Morgan fingerprint density at radius 2 is 2.19 bits per heavy atom. The number of hydrogen-bond acceptors (Lipinski definition) is 5. The molecule has 0 radical (unpaired) electrons. The average molecular weight is 402 g/mol. The fraction of sp³-hybridized carbons (Fsp3) is 0.353. The molecular weight excluding hydrogens is 387 g/mol. The van der Waals surface area contributed by atoms with Gasteiger partial charge in [-0.05, 0) is 18.1 Å². The summed E-state index contributed by atoms with van der Waals surface area (Å²) in [5, 5.41) is 3.92. The zero-order chi connectivity index (χ0) is 19.4. The van der Waals surface area contributed by atoms with E-state index >= 15 is 0 Å². The lowest BCUT2D eigenvalue weighted by Gasteiger charge is -2.22. The van der Waals surface area contributed by atoms with Crippen molar-refractivity contribution in [2.24, 2.45) is 0 Å². The van der Waals surface area contributed by atoms with Gasteiger partial charge in [0.1, 0.15) is 18.9 Å². The molecular formula is C17H15ClF3N3O3. The van der Waals surface area contributed by atoms with Crippen molar-refractivity contribution in [1.29, 1.82) is 0 Å². The third-order valence-electron chi connectivity index (χ3n) is 4.00. The molecule has 0 saturated carbocycles. The number of ether oxygens (including phenoxy) is 2. The number of hydrogen-bond donors (Lipinski definition) is 0. The number of rotatable bonds is 6. The summed E-state index contributed by atoms with van der Waals surface area (Å²) in [4.78, 5) is 15.1. The average Bonchev–Trinajstić information content (AvgIpc) is 3.06. The van der Waals surface area contributed by atoms with Crippen LogP contribution in [0.4, 0.5) is 13.2 Å². The largest absolute Gasteiger partial charge is 0.487 e. The smallest absolute Gasteiger partial charge is 0.408 e. The number of pyridine rings is 1. The quantitative estimate of drug-likeness (QED) is 0.692. The monoisotopic (exact) mass is 401 g/mol. The minimum absolute atomic E-state index is 0.0682. The molecule has 0 spiro atoms. The lowest BCUT2D eigenvalue weighted by molar-refractivity contribution is -0.142. The number of aldehydes is 1.